The molecule has 80 valence electrons. The van der Waals surface area contributed by atoms with Crippen molar-refractivity contribution in [2.75, 3.05) is 10.6 Å². The van der Waals surface area contributed by atoms with Gasteiger partial charge in [-0.05, 0) is 30.7 Å². The molecule has 0 saturated heterocycles. The summed E-state index contributed by atoms with van der Waals surface area (Å²) in [6, 6.07) is 5.76. The molecule has 1 aromatic carbocycles. The fourth-order valence-electron chi connectivity index (χ4n) is 1.12. The maximum Gasteiger partial charge on any atom is 0.135 e. The van der Waals surface area contributed by atoms with Crippen LogP contribution in [-0.4, -0.2) is 8.64 Å². The Morgan fingerprint density at radius 1 is 1.13 bits per heavy atom. The van der Waals surface area contributed by atoms with Gasteiger partial charge in [0.05, 0.1) is 0 Å². The molecule has 0 bridgehead atoms. The first-order valence-electron chi connectivity index (χ1n) is 4.09. The van der Waals surface area contributed by atoms with Gasteiger partial charge in [0.15, 0.2) is 0 Å². The van der Waals surface area contributed by atoms with Gasteiger partial charge < -0.3 is 10.6 Å². The first-order valence-corrected chi connectivity index (χ1v) is 5.80. The molecule has 0 radical (unpaired) electrons. The highest BCUT2D eigenvalue weighted by atomic mass is 32.1. The van der Waals surface area contributed by atoms with Gasteiger partial charge in [-0.15, -0.1) is 25.3 Å². The Bertz CT molecular complexity index is 403. The molecular formula is C9H10N2S4. The molecule has 0 aromatic heterocycles. The standard InChI is InChI=1S/C9H10N2S4/c1-5-4-6(10-8(12)13)2-3-7(5)11-9(14)15/h2-4H,1H3,(H2,10,12,13)(H2,11,14,15). The minimum atomic E-state index is 0.444. The van der Waals surface area contributed by atoms with Crippen molar-refractivity contribution in [1.29, 1.82) is 0 Å². The molecule has 0 atom stereocenters. The predicted octanol–water partition coefficient (Wildman–Crippen LogP) is 3.25. The second-order valence-corrected chi connectivity index (χ2v) is 5.21. The van der Waals surface area contributed by atoms with Gasteiger partial charge in [-0.25, -0.2) is 0 Å². The quantitative estimate of drug-likeness (QED) is 0.491. The Morgan fingerprint density at radius 2 is 1.73 bits per heavy atom. The van der Waals surface area contributed by atoms with Gasteiger partial charge in [-0.1, -0.05) is 24.4 Å². The zero-order chi connectivity index (χ0) is 11.4. The minimum absolute atomic E-state index is 0.444. The van der Waals surface area contributed by atoms with E-state index < -0.39 is 0 Å². The molecule has 6 heteroatoms. The highest BCUT2D eigenvalue weighted by Gasteiger charge is 2.00. The molecule has 2 nitrogen and oxygen atoms in total. The molecule has 0 fully saturated rings. The summed E-state index contributed by atoms with van der Waals surface area (Å²) in [7, 11) is 0. The largest absolute Gasteiger partial charge is 0.341 e. The highest BCUT2D eigenvalue weighted by Crippen LogP contribution is 2.20. The summed E-state index contributed by atoms with van der Waals surface area (Å²) in [5.74, 6) is 0. The minimum Gasteiger partial charge on any atom is -0.341 e. The van der Waals surface area contributed by atoms with E-state index in [1.807, 2.05) is 25.1 Å². The molecule has 2 N–H and O–H groups in total. The third kappa shape index (κ3) is 4.38. The lowest BCUT2D eigenvalue weighted by atomic mass is 10.2. The number of thiocarbonyl (C=S) groups is 2. The fraction of sp³-hybridized carbons (Fsp3) is 0.111. The molecule has 1 rings (SSSR count). The topological polar surface area (TPSA) is 24.1 Å². The number of hydrogen-bond acceptors (Lipinski definition) is 2. The summed E-state index contributed by atoms with van der Waals surface area (Å²) in [5.41, 5.74) is 2.90. The van der Waals surface area contributed by atoms with E-state index in [2.05, 4.69) is 35.9 Å². The van der Waals surface area contributed by atoms with Crippen LogP contribution >= 0.6 is 49.7 Å². The van der Waals surface area contributed by atoms with Crippen LogP contribution < -0.4 is 10.6 Å². The van der Waals surface area contributed by atoms with E-state index in [-0.39, 0.29) is 0 Å². The summed E-state index contributed by atoms with van der Waals surface area (Å²) >= 11 is 17.7. The van der Waals surface area contributed by atoms with Crippen molar-refractivity contribution >= 4 is 69.7 Å². The summed E-state index contributed by atoms with van der Waals surface area (Å²) < 4.78 is 0.892. The van der Waals surface area contributed by atoms with Crippen molar-refractivity contribution in [3.8, 4) is 0 Å². The first kappa shape index (κ1) is 12.8. The number of aryl methyl sites for hydroxylation is 1. The lowest BCUT2D eigenvalue weighted by molar-refractivity contribution is 1.46. The molecule has 0 aliphatic carbocycles. The molecule has 0 heterocycles. The zero-order valence-corrected chi connectivity index (χ0v) is 11.4. The third-order valence-electron chi connectivity index (χ3n) is 1.72. The van der Waals surface area contributed by atoms with E-state index in [1.165, 1.54) is 0 Å². The highest BCUT2D eigenvalue weighted by molar-refractivity contribution is 8.11. The zero-order valence-electron chi connectivity index (χ0n) is 7.94. The molecular weight excluding hydrogens is 264 g/mol. The smallest absolute Gasteiger partial charge is 0.135 e. The summed E-state index contributed by atoms with van der Waals surface area (Å²) in [4.78, 5) is 0. The van der Waals surface area contributed by atoms with Crippen molar-refractivity contribution in [3.63, 3.8) is 0 Å². The number of hydrogen-bond donors (Lipinski definition) is 4. The third-order valence-corrected chi connectivity index (χ3v) is 2.15. The molecule has 1 aromatic rings. The Balaban J connectivity index is 2.87. The fourth-order valence-corrected chi connectivity index (χ4v) is 1.60. The lowest BCUT2D eigenvalue weighted by Crippen LogP contribution is -2.04. The normalized spacial score (nSPS) is 9.53. The van der Waals surface area contributed by atoms with Crippen LogP contribution in [0.4, 0.5) is 11.4 Å². The average molecular weight is 274 g/mol. The van der Waals surface area contributed by atoms with Crippen LogP contribution in [0.15, 0.2) is 18.2 Å². The molecule has 0 saturated carbocycles. The van der Waals surface area contributed by atoms with Crippen LogP contribution in [-0.2, 0) is 0 Å². The van der Waals surface area contributed by atoms with Gasteiger partial charge in [0.1, 0.15) is 8.64 Å². The van der Waals surface area contributed by atoms with Crippen molar-refractivity contribution in [2.45, 2.75) is 6.92 Å². The molecule has 15 heavy (non-hydrogen) atoms. The van der Waals surface area contributed by atoms with Crippen LogP contribution in [0, 0.1) is 6.92 Å². The molecule has 0 unspecified atom stereocenters. The van der Waals surface area contributed by atoms with Crippen molar-refractivity contribution < 1.29 is 0 Å². The first-order chi connectivity index (χ1) is 6.99. The monoisotopic (exact) mass is 274 g/mol. The SMILES string of the molecule is Cc1cc(NC(=S)S)ccc1NC(=S)S. The van der Waals surface area contributed by atoms with Crippen LogP contribution in [0.3, 0.4) is 0 Å². The molecule has 0 amide bonds. The van der Waals surface area contributed by atoms with E-state index >= 15 is 0 Å². The van der Waals surface area contributed by atoms with E-state index in [0.717, 1.165) is 16.9 Å². The molecule has 0 aliphatic heterocycles. The number of thiol groups is 2. The van der Waals surface area contributed by atoms with Gasteiger partial charge in [-0.3, -0.25) is 0 Å². The van der Waals surface area contributed by atoms with Gasteiger partial charge in [0, 0.05) is 11.4 Å². The van der Waals surface area contributed by atoms with Gasteiger partial charge >= 0.3 is 0 Å². The van der Waals surface area contributed by atoms with Gasteiger partial charge in [-0.2, -0.15) is 0 Å². The average Bonchev–Trinajstić information content (AvgIpc) is 2.08. The summed E-state index contributed by atoms with van der Waals surface area (Å²) in [5, 5.41) is 5.91. The van der Waals surface area contributed by atoms with Crippen molar-refractivity contribution in [2.24, 2.45) is 0 Å². The van der Waals surface area contributed by atoms with Crippen LogP contribution in [0.1, 0.15) is 5.56 Å². The van der Waals surface area contributed by atoms with Crippen LogP contribution in [0.2, 0.25) is 0 Å². The van der Waals surface area contributed by atoms with Gasteiger partial charge in [0.2, 0.25) is 0 Å². The maximum absolute atomic E-state index is 4.84. The number of nitrogens with one attached hydrogen (secondary N) is 2. The number of rotatable bonds is 2. The van der Waals surface area contributed by atoms with Crippen LogP contribution in [0.25, 0.3) is 0 Å². The Labute approximate surface area is 111 Å². The Kier molecular flexibility index (Phi) is 4.85. The predicted molar refractivity (Wildman–Crippen MR) is 81.6 cm³/mol. The molecule has 0 spiro atoms. The van der Waals surface area contributed by atoms with E-state index in [1.54, 1.807) is 0 Å². The van der Waals surface area contributed by atoms with Crippen LogP contribution in [0.5, 0.6) is 0 Å². The summed E-state index contributed by atoms with van der Waals surface area (Å²) in [6.07, 6.45) is 0. The Morgan fingerprint density at radius 3 is 2.20 bits per heavy atom. The van der Waals surface area contributed by atoms with Crippen molar-refractivity contribution in [3.05, 3.63) is 23.8 Å². The maximum atomic E-state index is 4.84. The Hall–Kier alpha value is -0.300. The summed E-state index contributed by atoms with van der Waals surface area (Å²) in [6.45, 7) is 1.97. The molecule has 0 aliphatic rings. The second kappa shape index (κ2) is 5.69. The van der Waals surface area contributed by atoms with E-state index in [9.17, 15) is 0 Å². The van der Waals surface area contributed by atoms with E-state index in [4.69, 9.17) is 24.4 Å². The van der Waals surface area contributed by atoms with E-state index in [0.29, 0.717) is 8.64 Å². The van der Waals surface area contributed by atoms with Crippen molar-refractivity contribution in [1.82, 2.24) is 0 Å². The van der Waals surface area contributed by atoms with Gasteiger partial charge in [0.25, 0.3) is 0 Å². The number of benzene rings is 1. The lowest BCUT2D eigenvalue weighted by Gasteiger charge is -2.10. The number of anilines is 2. The second-order valence-electron chi connectivity index (χ2n) is 2.89.